The molecular weight excluding hydrogens is 374 g/mol. The first-order valence-corrected chi connectivity index (χ1v) is 10.7. The molecule has 8 nitrogen and oxygen atoms in total. The second-order valence-corrected chi connectivity index (χ2v) is 9.57. The van der Waals surface area contributed by atoms with Crippen molar-refractivity contribution in [2.45, 2.75) is 83.8 Å². The molecule has 29 heavy (non-hydrogen) atoms. The average Bonchev–Trinajstić information content (AvgIpc) is 3.18. The summed E-state index contributed by atoms with van der Waals surface area (Å²) in [6.45, 7) is 6.72. The van der Waals surface area contributed by atoms with Gasteiger partial charge in [0.15, 0.2) is 0 Å². The van der Waals surface area contributed by atoms with Gasteiger partial charge in [-0.05, 0) is 46.5 Å². The summed E-state index contributed by atoms with van der Waals surface area (Å²) in [4.78, 5) is 52.5. The highest BCUT2D eigenvalue weighted by atomic mass is 16.6. The molecule has 1 spiro atoms. The molecule has 0 aromatic carbocycles. The first-order chi connectivity index (χ1) is 13.6. The highest BCUT2D eigenvalue weighted by molar-refractivity contribution is 6.06. The van der Waals surface area contributed by atoms with Crippen molar-refractivity contribution in [1.29, 1.82) is 0 Å². The van der Waals surface area contributed by atoms with E-state index in [4.69, 9.17) is 4.74 Å². The topological polar surface area (TPSA) is 96.0 Å². The summed E-state index contributed by atoms with van der Waals surface area (Å²) in [5, 5.41) is 2.85. The van der Waals surface area contributed by atoms with E-state index in [0.717, 1.165) is 25.7 Å². The largest absolute Gasteiger partial charge is 0.444 e. The normalized spacial score (nSPS) is 22.4. The molecule has 1 saturated carbocycles. The van der Waals surface area contributed by atoms with Gasteiger partial charge in [-0.3, -0.25) is 19.3 Å². The molecule has 3 aliphatic rings. The molecule has 3 fully saturated rings. The molecule has 0 radical (unpaired) electrons. The first kappa shape index (κ1) is 21.6. The number of hydrogen-bond donors (Lipinski definition) is 1. The minimum absolute atomic E-state index is 0.0159. The van der Waals surface area contributed by atoms with Crippen LogP contribution in [0.25, 0.3) is 0 Å². The van der Waals surface area contributed by atoms with Crippen LogP contribution in [0.2, 0.25) is 0 Å². The number of imide groups is 1. The molecule has 0 aromatic heterocycles. The Morgan fingerprint density at radius 3 is 2.34 bits per heavy atom. The summed E-state index contributed by atoms with van der Waals surface area (Å²) >= 11 is 0. The van der Waals surface area contributed by atoms with Crippen molar-refractivity contribution in [1.82, 2.24) is 15.1 Å². The minimum Gasteiger partial charge on any atom is -0.444 e. The van der Waals surface area contributed by atoms with Gasteiger partial charge in [0.1, 0.15) is 5.60 Å². The molecule has 1 N–H and O–H groups in total. The van der Waals surface area contributed by atoms with Crippen LogP contribution in [0.5, 0.6) is 0 Å². The van der Waals surface area contributed by atoms with Gasteiger partial charge < -0.3 is 15.0 Å². The molecule has 2 aliphatic heterocycles. The number of carbonyl (C=O) groups excluding carboxylic acids is 4. The van der Waals surface area contributed by atoms with E-state index < -0.39 is 17.1 Å². The molecule has 0 aromatic rings. The molecule has 4 amide bonds. The number of amides is 4. The molecule has 8 heteroatoms. The van der Waals surface area contributed by atoms with E-state index in [9.17, 15) is 19.2 Å². The van der Waals surface area contributed by atoms with E-state index in [-0.39, 0.29) is 36.7 Å². The Bertz CT molecular complexity index is 670. The van der Waals surface area contributed by atoms with Gasteiger partial charge in [-0.1, -0.05) is 12.8 Å². The molecule has 162 valence electrons. The second kappa shape index (κ2) is 8.32. The lowest BCUT2D eigenvalue weighted by Crippen LogP contribution is -2.48. The quantitative estimate of drug-likeness (QED) is 0.721. The second-order valence-electron chi connectivity index (χ2n) is 9.57. The Labute approximate surface area is 172 Å². The fourth-order valence-corrected chi connectivity index (χ4v) is 4.64. The van der Waals surface area contributed by atoms with E-state index in [1.807, 2.05) is 20.8 Å². The minimum atomic E-state index is -0.539. The van der Waals surface area contributed by atoms with E-state index in [2.05, 4.69) is 5.32 Å². The summed E-state index contributed by atoms with van der Waals surface area (Å²) in [5.41, 5.74) is -1.02. The molecule has 0 atom stereocenters. The summed E-state index contributed by atoms with van der Waals surface area (Å²) in [5.74, 6) is -0.258. The third kappa shape index (κ3) is 5.08. The maximum Gasteiger partial charge on any atom is 0.407 e. The lowest BCUT2D eigenvalue weighted by molar-refractivity contribution is -0.142. The number of ether oxygens (including phenoxy) is 1. The zero-order valence-corrected chi connectivity index (χ0v) is 17.8. The Morgan fingerprint density at radius 1 is 1.14 bits per heavy atom. The van der Waals surface area contributed by atoms with Gasteiger partial charge in [0, 0.05) is 38.5 Å². The molecule has 1 aliphatic carbocycles. The molecule has 0 bridgehead atoms. The van der Waals surface area contributed by atoms with Crippen molar-refractivity contribution >= 4 is 23.8 Å². The third-order valence-corrected chi connectivity index (χ3v) is 6.17. The van der Waals surface area contributed by atoms with E-state index >= 15 is 0 Å². The van der Waals surface area contributed by atoms with Crippen LogP contribution in [-0.2, 0) is 19.1 Å². The van der Waals surface area contributed by atoms with Gasteiger partial charge in [-0.2, -0.15) is 0 Å². The van der Waals surface area contributed by atoms with Crippen molar-refractivity contribution in [3.63, 3.8) is 0 Å². The van der Waals surface area contributed by atoms with Gasteiger partial charge in [0.2, 0.25) is 17.7 Å². The Morgan fingerprint density at radius 2 is 1.76 bits per heavy atom. The van der Waals surface area contributed by atoms with Crippen LogP contribution in [0.4, 0.5) is 4.79 Å². The lowest BCUT2D eigenvalue weighted by atomic mass is 9.84. The number of rotatable bonds is 4. The highest BCUT2D eigenvalue weighted by Gasteiger charge is 2.52. The maximum absolute atomic E-state index is 12.7. The van der Waals surface area contributed by atoms with Gasteiger partial charge >= 0.3 is 6.09 Å². The van der Waals surface area contributed by atoms with Gasteiger partial charge in [0.05, 0.1) is 5.41 Å². The fourth-order valence-electron chi connectivity index (χ4n) is 4.64. The number of likely N-dealkylation sites (tertiary alicyclic amines) is 2. The molecule has 3 rings (SSSR count). The predicted octanol–water partition coefficient (Wildman–Crippen LogP) is 2.21. The molecule has 2 saturated heterocycles. The third-order valence-electron chi connectivity index (χ3n) is 6.17. The average molecular weight is 408 g/mol. The number of alkyl carbamates (subject to hydrolysis) is 1. The van der Waals surface area contributed by atoms with Crippen molar-refractivity contribution in [2.75, 3.05) is 19.6 Å². The van der Waals surface area contributed by atoms with Crippen LogP contribution >= 0.6 is 0 Å². The van der Waals surface area contributed by atoms with E-state index in [1.165, 1.54) is 4.90 Å². The number of carbonyl (C=O) groups is 4. The van der Waals surface area contributed by atoms with E-state index in [0.29, 0.717) is 32.4 Å². The Hall–Kier alpha value is -2.12. The number of nitrogens with zero attached hydrogens (tertiary/aromatic N) is 2. The van der Waals surface area contributed by atoms with Crippen LogP contribution in [0.1, 0.15) is 72.1 Å². The Kier molecular flexibility index (Phi) is 6.19. The van der Waals surface area contributed by atoms with Gasteiger partial charge in [0.25, 0.3) is 0 Å². The number of piperidine rings is 1. The summed E-state index contributed by atoms with van der Waals surface area (Å²) in [7, 11) is 0. The van der Waals surface area contributed by atoms with Crippen LogP contribution in [0.15, 0.2) is 0 Å². The summed E-state index contributed by atoms with van der Waals surface area (Å²) in [6.07, 6.45) is 4.94. The maximum atomic E-state index is 12.7. The number of nitrogens with one attached hydrogen (secondary N) is 1. The van der Waals surface area contributed by atoms with Crippen molar-refractivity contribution in [3.05, 3.63) is 0 Å². The Balaban J connectivity index is 1.42. The molecular formula is C21H33N3O5. The van der Waals surface area contributed by atoms with Crippen LogP contribution in [0.3, 0.4) is 0 Å². The smallest absolute Gasteiger partial charge is 0.407 e. The van der Waals surface area contributed by atoms with Crippen LogP contribution in [0, 0.1) is 5.41 Å². The SMILES string of the molecule is CC(C)(C)OC(=O)NC1CCN(C(=O)CCN2C(=O)CC3(CCCC3)C2=O)CC1. The first-order valence-electron chi connectivity index (χ1n) is 10.7. The standard InChI is InChI=1S/C21H33N3O5/c1-20(2,3)29-19(28)22-15-6-11-23(12-7-15)16(25)8-13-24-17(26)14-21(18(24)27)9-4-5-10-21/h15H,4-14H2,1-3H3,(H,22,28). The fraction of sp³-hybridized carbons (Fsp3) is 0.810. The van der Waals surface area contributed by atoms with Gasteiger partial charge in [-0.25, -0.2) is 4.79 Å². The predicted molar refractivity (Wildman–Crippen MR) is 106 cm³/mol. The lowest BCUT2D eigenvalue weighted by Gasteiger charge is -2.33. The zero-order chi connectivity index (χ0) is 21.2. The monoisotopic (exact) mass is 407 g/mol. The van der Waals surface area contributed by atoms with Crippen LogP contribution in [-0.4, -0.2) is 64.9 Å². The highest BCUT2D eigenvalue weighted by Crippen LogP contribution is 2.46. The van der Waals surface area contributed by atoms with E-state index in [1.54, 1.807) is 4.90 Å². The number of hydrogen-bond acceptors (Lipinski definition) is 5. The molecule has 2 heterocycles. The molecule has 0 unspecified atom stereocenters. The zero-order valence-electron chi connectivity index (χ0n) is 17.8. The summed E-state index contributed by atoms with van der Waals surface area (Å²) in [6, 6.07) is -0.0159. The van der Waals surface area contributed by atoms with Crippen molar-refractivity contribution in [2.24, 2.45) is 5.41 Å². The summed E-state index contributed by atoms with van der Waals surface area (Å²) < 4.78 is 5.27. The van der Waals surface area contributed by atoms with Crippen LogP contribution < -0.4 is 5.32 Å². The van der Waals surface area contributed by atoms with Crippen molar-refractivity contribution < 1.29 is 23.9 Å². The van der Waals surface area contributed by atoms with Crippen molar-refractivity contribution in [3.8, 4) is 0 Å². The van der Waals surface area contributed by atoms with Gasteiger partial charge in [-0.15, -0.1) is 0 Å².